The first-order chi connectivity index (χ1) is 11.0. The molecule has 5 nitrogen and oxygen atoms in total. The highest BCUT2D eigenvalue weighted by Gasteiger charge is 2.13. The van der Waals surface area contributed by atoms with E-state index < -0.39 is 0 Å². The van der Waals surface area contributed by atoms with E-state index in [0.717, 1.165) is 17.7 Å². The van der Waals surface area contributed by atoms with E-state index in [2.05, 4.69) is 10.3 Å². The zero-order valence-corrected chi connectivity index (χ0v) is 13.5. The van der Waals surface area contributed by atoms with Crippen LogP contribution in [-0.4, -0.2) is 34.8 Å². The molecular weight excluding hydrogens is 290 g/mol. The summed E-state index contributed by atoms with van der Waals surface area (Å²) in [5, 5.41) is 2.79. The van der Waals surface area contributed by atoms with E-state index in [1.165, 1.54) is 6.92 Å². The second kappa shape index (κ2) is 8.08. The maximum atomic E-state index is 12.1. The van der Waals surface area contributed by atoms with Crippen LogP contribution in [0.1, 0.15) is 18.2 Å². The summed E-state index contributed by atoms with van der Waals surface area (Å²) >= 11 is 0. The van der Waals surface area contributed by atoms with Gasteiger partial charge in [-0.15, -0.1) is 0 Å². The van der Waals surface area contributed by atoms with Gasteiger partial charge in [0.15, 0.2) is 0 Å². The third kappa shape index (κ3) is 5.54. The fraction of sp³-hybridized carbons (Fsp3) is 0.278. The van der Waals surface area contributed by atoms with E-state index in [0.29, 0.717) is 12.2 Å². The van der Waals surface area contributed by atoms with E-state index in [-0.39, 0.29) is 18.4 Å². The Morgan fingerprint density at radius 1 is 1.17 bits per heavy atom. The standard InChI is InChI=1S/C18H21N3O2/c1-14-12-17(8-10-19-14)20-18(23)13-21(15(2)22)11-9-16-6-4-3-5-7-16/h3-8,10,12H,9,11,13H2,1-2H3,(H,19,20,23). The molecule has 0 aliphatic heterocycles. The summed E-state index contributed by atoms with van der Waals surface area (Å²) in [6.45, 7) is 3.90. The fourth-order valence-electron chi connectivity index (χ4n) is 2.25. The van der Waals surface area contributed by atoms with Gasteiger partial charge in [0.05, 0.1) is 6.54 Å². The average Bonchev–Trinajstić information content (AvgIpc) is 2.52. The minimum absolute atomic E-state index is 0.0452. The topological polar surface area (TPSA) is 62.3 Å². The van der Waals surface area contributed by atoms with Crippen molar-refractivity contribution in [2.24, 2.45) is 0 Å². The molecule has 0 saturated heterocycles. The predicted molar refractivity (Wildman–Crippen MR) is 90.0 cm³/mol. The van der Waals surface area contributed by atoms with Gasteiger partial charge in [0, 0.05) is 31.0 Å². The fourth-order valence-corrected chi connectivity index (χ4v) is 2.25. The number of carbonyl (C=O) groups is 2. The minimum atomic E-state index is -0.209. The number of hydrogen-bond donors (Lipinski definition) is 1. The minimum Gasteiger partial charge on any atom is -0.333 e. The lowest BCUT2D eigenvalue weighted by atomic mass is 10.1. The Balaban J connectivity index is 1.91. The molecule has 1 aromatic carbocycles. The van der Waals surface area contributed by atoms with Crippen LogP contribution in [0.3, 0.4) is 0 Å². The number of anilines is 1. The van der Waals surface area contributed by atoms with Crippen molar-refractivity contribution in [3.05, 3.63) is 59.9 Å². The number of carbonyl (C=O) groups excluding carboxylic acids is 2. The van der Waals surface area contributed by atoms with Crippen LogP contribution in [0.25, 0.3) is 0 Å². The number of nitrogens with one attached hydrogen (secondary N) is 1. The van der Waals surface area contributed by atoms with Crippen LogP contribution >= 0.6 is 0 Å². The van der Waals surface area contributed by atoms with E-state index >= 15 is 0 Å². The molecule has 0 atom stereocenters. The molecule has 0 unspecified atom stereocenters. The van der Waals surface area contributed by atoms with Gasteiger partial charge in [0.1, 0.15) is 0 Å². The number of aryl methyl sites for hydroxylation is 1. The van der Waals surface area contributed by atoms with Crippen LogP contribution in [-0.2, 0) is 16.0 Å². The SMILES string of the molecule is CC(=O)N(CCc1ccccc1)CC(=O)Nc1ccnc(C)c1. The van der Waals surface area contributed by atoms with Gasteiger partial charge in [0.25, 0.3) is 0 Å². The molecule has 1 heterocycles. The largest absolute Gasteiger partial charge is 0.333 e. The number of amides is 2. The van der Waals surface area contributed by atoms with Crippen LogP contribution in [0.5, 0.6) is 0 Å². The second-order valence-corrected chi connectivity index (χ2v) is 5.41. The monoisotopic (exact) mass is 311 g/mol. The zero-order chi connectivity index (χ0) is 16.7. The molecule has 0 fully saturated rings. The number of rotatable bonds is 6. The van der Waals surface area contributed by atoms with E-state index in [1.807, 2.05) is 37.3 Å². The molecule has 0 bridgehead atoms. The molecule has 0 saturated carbocycles. The molecule has 5 heteroatoms. The van der Waals surface area contributed by atoms with Gasteiger partial charge >= 0.3 is 0 Å². The Morgan fingerprint density at radius 3 is 2.57 bits per heavy atom. The van der Waals surface area contributed by atoms with Crippen LogP contribution in [0.4, 0.5) is 5.69 Å². The number of benzene rings is 1. The predicted octanol–water partition coefficient (Wildman–Crippen LogP) is 2.42. The molecule has 0 aliphatic rings. The van der Waals surface area contributed by atoms with Crippen LogP contribution < -0.4 is 5.32 Å². The molecule has 1 aromatic heterocycles. The molecule has 120 valence electrons. The summed E-state index contributed by atoms with van der Waals surface area (Å²) in [5.41, 5.74) is 2.66. The Labute approximate surface area is 136 Å². The van der Waals surface area contributed by atoms with Crippen LogP contribution in [0, 0.1) is 6.92 Å². The smallest absolute Gasteiger partial charge is 0.243 e. The first-order valence-electron chi connectivity index (χ1n) is 7.56. The first kappa shape index (κ1) is 16.7. The van der Waals surface area contributed by atoms with Gasteiger partial charge in [-0.05, 0) is 31.0 Å². The summed E-state index contributed by atoms with van der Waals surface area (Å²) in [4.78, 5) is 29.5. The molecule has 23 heavy (non-hydrogen) atoms. The molecule has 2 amide bonds. The van der Waals surface area contributed by atoms with E-state index in [9.17, 15) is 9.59 Å². The zero-order valence-electron chi connectivity index (χ0n) is 13.5. The van der Waals surface area contributed by atoms with Crippen molar-refractivity contribution in [2.45, 2.75) is 20.3 Å². The Hall–Kier alpha value is -2.69. The second-order valence-electron chi connectivity index (χ2n) is 5.41. The lowest BCUT2D eigenvalue weighted by molar-refractivity contribution is -0.132. The third-order valence-electron chi connectivity index (χ3n) is 3.47. The summed E-state index contributed by atoms with van der Waals surface area (Å²) < 4.78 is 0. The highest BCUT2D eigenvalue weighted by Crippen LogP contribution is 2.07. The molecule has 2 rings (SSSR count). The number of aromatic nitrogens is 1. The maximum absolute atomic E-state index is 12.1. The van der Waals surface area contributed by atoms with Crippen molar-refractivity contribution in [1.82, 2.24) is 9.88 Å². The summed E-state index contributed by atoms with van der Waals surface area (Å²) in [6.07, 6.45) is 2.37. The van der Waals surface area contributed by atoms with Gasteiger partial charge in [-0.2, -0.15) is 0 Å². The number of nitrogens with zero attached hydrogens (tertiary/aromatic N) is 2. The van der Waals surface area contributed by atoms with E-state index in [1.54, 1.807) is 23.2 Å². The lowest BCUT2D eigenvalue weighted by Crippen LogP contribution is -2.38. The van der Waals surface area contributed by atoms with Gasteiger partial charge in [0.2, 0.25) is 11.8 Å². The van der Waals surface area contributed by atoms with Crippen LogP contribution in [0.15, 0.2) is 48.7 Å². The molecule has 0 spiro atoms. The first-order valence-corrected chi connectivity index (χ1v) is 7.56. The molecule has 0 aliphatic carbocycles. The molecule has 0 radical (unpaired) electrons. The van der Waals surface area contributed by atoms with Crippen molar-refractivity contribution in [3.63, 3.8) is 0 Å². The van der Waals surface area contributed by atoms with Crippen LogP contribution in [0.2, 0.25) is 0 Å². The van der Waals surface area contributed by atoms with Crippen molar-refractivity contribution >= 4 is 17.5 Å². The van der Waals surface area contributed by atoms with Gasteiger partial charge in [-0.1, -0.05) is 30.3 Å². The Bertz CT molecular complexity index is 671. The van der Waals surface area contributed by atoms with Crippen molar-refractivity contribution in [2.75, 3.05) is 18.4 Å². The Kier molecular flexibility index (Phi) is 5.86. The van der Waals surface area contributed by atoms with Gasteiger partial charge in [-0.3, -0.25) is 14.6 Å². The molecule has 1 N–H and O–H groups in total. The number of hydrogen-bond acceptors (Lipinski definition) is 3. The molecule has 2 aromatic rings. The third-order valence-corrected chi connectivity index (χ3v) is 3.47. The van der Waals surface area contributed by atoms with Crippen molar-refractivity contribution in [3.8, 4) is 0 Å². The highest BCUT2D eigenvalue weighted by atomic mass is 16.2. The summed E-state index contributed by atoms with van der Waals surface area (Å²) in [5.74, 6) is -0.319. The summed E-state index contributed by atoms with van der Waals surface area (Å²) in [6, 6.07) is 13.4. The Morgan fingerprint density at radius 2 is 1.91 bits per heavy atom. The normalized spacial score (nSPS) is 10.2. The lowest BCUT2D eigenvalue weighted by Gasteiger charge is -2.20. The van der Waals surface area contributed by atoms with Crippen molar-refractivity contribution < 1.29 is 9.59 Å². The quantitative estimate of drug-likeness (QED) is 0.891. The average molecular weight is 311 g/mol. The molecular formula is C18H21N3O2. The highest BCUT2D eigenvalue weighted by molar-refractivity contribution is 5.94. The van der Waals surface area contributed by atoms with Gasteiger partial charge in [-0.25, -0.2) is 0 Å². The number of pyridine rings is 1. The maximum Gasteiger partial charge on any atom is 0.243 e. The van der Waals surface area contributed by atoms with Gasteiger partial charge < -0.3 is 10.2 Å². The van der Waals surface area contributed by atoms with E-state index in [4.69, 9.17) is 0 Å². The van der Waals surface area contributed by atoms with Crippen molar-refractivity contribution in [1.29, 1.82) is 0 Å². The summed E-state index contributed by atoms with van der Waals surface area (Å²) in [7, 11) is 0.